The van der Waals surface area contributed by atoms with Gasteiger partial charge in [-0.2, -0.15) is 5.10 Å². The maximum atomic E-state index is 13.3. The van der Waals surface area contributed by atoms with Crippen LogP contribution in [0.2, 0.25) is 0 Å². The Morgan fingerprint density at radius 2 is 1.90 bits per heavy atom. The highest BCUT2D eigenvalue weighted by Crippen LogP contribution is 2.26. The molecule has 0 radical (unpaired) electrons. The number of hydrogen-bond donors (Lipinski definition) is 1. The second-order valence-electron chi connectivity index (χ2n) is 7.66. The van der Waals surface area contributed by atoms with Crippen molar-refractivity contribution >= 4 is 29.5 Å². The van der Waals surface area contributed by atoms with E-state index in [1.807, 2.05) is 19.1 Å². The Bertz CT molecular complexity index is 1250. The van der Waals surface area contributed by atoms with Gasteiger partial charge in [-0.15, -0.1) is 5.01 Å². The molecule has 3 heterocycles. The number of nitrogens with one attached hydrogen (secondary N) is 1. The molecule has 1 N–H and O–H groups in total. The largest absolute Gasteiger partial charge is 0.346 e. The van der Waals surface area contributed by atoms with E-state index >= 15 is 0 Å². The summed E-state index contributed by atoms with van der Waals surface area (Å²) in [4.78, 5) is 38.0. The molecule has 1 aliphatic rings. The Morgan fingerprint density at radius 3 is 2.55 bits per heavy atom. The lowest BCUT2D eigenvalue weighted by atomic mass is 10.00. The maximum absolute atomic E-state index is 13.3. The molecule has 4 rings (SSSR count). The number of fused-ring (bicyclic) bond motifs is 1. The van der Waals surface area contributed by atoms with Crippen LogP contribution < -0.4 is 5.32 Å². The summed E-state index contributed by atoms with van der Waals surface area (Å²) < 4.78 is 15.0. The quantitative estimate of drug-likeness (QED) is 0.388. The Labute approximate surface area is 178 Å². The lowest BCUT2D eigenvalue weighted by molar-refractivity contribution is -0.130. The molecule has 1 aliphatic heterocycles. The van der Waals surface area contributed by atoms with Crippen LogP contribution in [-0.4, -0.2) is 38.9 Å². The number of hydrazone groups is 1. The Morgan fingerprint density at radius 1 is 1.19 bits per heavy atom. The van der Waals surface area contributed by atoms with Crippen molar-refractivity contribution in [3.8, 4) is 0 Å². The fraction of sp³-hybridized carbons (Fsp3) is 0.217. The average Bonchev–Trinajstić information content (AvgIpc) is 3.16. The topological polar surface area (TPSA) is 83.2 Å². The van der Waals surface area contributed by atoms with Gasteiger partial charge in [0.2, 0.25) is 5.78 Å². The monoisotopic (exact) mass is 420 g/mol. The summed E-state index contributed by atoms with van der Waals surface area (Å²) in [5.41, 5.74) is 1.70. The van der Waals surface area contributed by atoms with Gasteiger partial charge < -0.3 is 9.72 Å². The van der Waals surface area contributed by atoms with Crippen molar-refractivity contribution in [1.29, 1.82) is 0 Å². The first-order valence-electron chi connectivity index (χ1n) is 9.87. The lowest BCUT2D eigenvalue weighted by Crippen LogP contribution is -2.42. The summed E-state index contributed by atoms with van der Waals surface area (Å²) >= 11 is 0. The average molecular weight is 420 g/mol. The third kappa shape index (κ3) is 3.30. The van der Waals surface area contributed by atoms with Crippen LogP contribution in [0.15, 0.2) is 53.8 Å². The highest BCUT2D eigenvalue weighted by atomic mass is 19.1. The van der Waals surface area contributed by atoms with Gasteiger partial charge >= 0.3 is 6.03 Å². The first-order valence-corrected chi connectivity index (χ1v) is 9.87. The number of rotatable bonds is 5. The highest BCUT2D eigenvalue weighted by Gasteiger charge is 2.46. The second-order valence-corrected chi connectivity index (χ2v) is 7.66. The summed E-state index contributed by atoms with van der Waals surface area (Å²) in [5, 5.41) is 7.61. The summed E-state index contributed by atoms with van der Waals surface area (Å²) in [6.45, 7) is 5.23. The zero-order valence-corrected chi connectivity index (χ0v) is 17.3. The van der Waals surface area contributed by atoms with Gasteiger partial charge in [-0.05, 0) is 62.2 Å². The number of pyridine rings is 1. The molecular formula is C23H21FN4O3. The van der Waals surface area contributed by atoms with Crippen LogP contribution in [-0.2, 0) is 4.79 Å². The normalized spacial score (nSPS) is 18.9. The van der Waals surface area contributed by atoms with Crippen LogP contribution in [0.1, 0.15) is 47.4 Å². The Kier molecular flexibility index (Phi) is 4.93. The van der Waals surface area contributed by atoms with Gasteiger partial charge in [0.1, 0.15) is 11.4 Å². The molecule has 7 nitrogen and oxygen atoms in total. The van der Waals surface area contributed by atoms with E-state index in [-0.39, 0.29) is 5.78 Å². The maximum Gasteiger partial charge on any atom is 0.346 e. The highest BCUT2D eigenvalue weighted by molar-refractivity contribution is 6.12. The minimum atomic E-state index is -0.990. The molecule has 158 valence electrons. The SMILES string of the molecule is CC[C@]1(C)NC(=O)N(N=Cc2c(C)c(C(=O)c3ccc(F)cc3)n3ccccc23)C1=O. The van der Waals surface area contributed by atoms with E-state index < -0.39 is 23.3 Å². The summed E-state index contributed by atoms with van der Waals surface area (Å²) in [6, 6.07) is 10.2. The predicted octanol–water partition coefficient (Wildman–Crippen LogP) is 3.67. The molecule has 0 spiro atoms. The van der Waals surface area contributed by atoms with E-state index in [4.69, 9.17) is 0 Å². The van der Waals surface area contributed by atoms with Crippen molar-refractivity contribution in [2.75, 3.05) is 0 Å². The zero-order valence-electron chi connectivity index (χ0n) is 17.3. The standard InChI is InChI=1S/C23H21FN4O3/c1-4-23(3)21(30)28(22(31)26-23)25-13-17-14(2)19(27-12-6-5-7-18(17)27)20(29)15-8-10-16(24)11-9-15/h5-13H,4H2,1-3H3,(H,26,31)/t23-/m0/s1. The van der Waals surface area contributed by atoms with Gasteiger partial charge in [0.05, 0.1) is 17.4 Å². The van der Waals surface area contributed by atoms with Crippen LogP contribution in [0, 0.1) is 12.7 Å². The molecule has 0 bridgehead atoms. The van der Waals surface area contributed by atoms with Crippen LogP contribution in [0.4, 0.5) is 9.18 Å². The van der Waals surface area contributed by atoms with Crippen LogP contribution >= 0.6 is 0 Å². The number of aromatic nitrogens is 1. The van der Waals surface area contributed by atoms with Crippen molar-refractivity contribution in [2.45, 2.75) is 32.7 Å². The van der Waals surface area contributed by atoms with Crippen molar-refractivity contribution in [2.24, 2.45) is 5.10 Å². The number of halogens is 1. The van der Waals surface area contributed by atoms with Crippen molar-refractivity contribution in [1.82, 2.24) is 14.7 Å². The molecule has 2 aromatic heterocycles. The van der Waals surface area contributed by atoms with E-state index in [0.717, 1.165) is 5.01 Å². The Balaban J connectivity index is 1.78. The number of nitrogens with zero attached hydrogens (tertiary/aromatic N) is 3. The van der Waals surface area contributed by atoms with Gasteiger partial charge in [0.25, 0.3) is 5.91 Å². The number of ketones is 1. The zero-order chi connectivity index (χ0) is 22.3. The van der Waals surface area contributed by atoms with Gasteiger partial charge in [0, 0.05) is 17.3 Å². The summed E-state index contributed by atoms with van der Waals surface area (Å²) in [6.07, 6.45) is 3.61. The Hall–Kier alpha value is -3.81. The molecule has 1 fully saturated rings. The molecule has 1 aromatic carbocycles. The fourth-order valence-electron chi connectivity index (χ4n) is 3.67. The molecule has 1 saturated heterocycles. The van der Waals surface area contributed by atoms with E-state index in [1.165, 1.54) is 30.5 Å². The molecule has 1 atom stereocenters. The molecule has 8 heteroatoms. The van der Waals surface area contributed by atoms with Crippen molar-refractivity contribution < 1.29 is 18.8 Å². The van der Waals surface area contributed by atoms with Gasteiger partial charge in [0.15, 0.2) is 0 Å². The first-order chi connectivity index (χ1) is 14.8. The third-order valence-corrected chi connectivity index (χ3v) is 5.71. The number of benzene rings is 1. The molecule has 0 saturated carbocycles. The summed E-state index contributed by atoms with van der Waals surface area (Å²) in [7, 11) is 0. The van der Waals surface area contributed by atoms with Crippen molar-refractivity contribution in [3.05, 3.63) is 76.9 Å². The van der Waals surface area contributed by atoms with Gasteiger partial charge in [-0.1, -0.05) is 13.0 Å². The molecule has 31 heavy (non-hydrogen) atoms. The molecular weight excluding hydrogens is 399 g/mol. The number of carbonyl (C=O) groups is 3. The molecule has 0 unspecified atom stereocenters. The van der Waals surface area contributed by atoms with E-state index in [1.54, 1.807) is 30.5 Å². The molecule has 3 amide bonds. The minimum absolute atomic E-state index is 0.271. The summed E-state index contributed by atoms with van der Waals surface area (Å²) in [5.74, 6) is -1.12. The number of imide groups is 1. The first kappa shape index (κ1) is 20.5. The number of hydrogen-bond acceptors (Lipinski definition) is 4. The van der Waals surface area contributed by atoms with Crippen LogP contribution in [0.3, 0.4) is 0 Å². The lowest BCUT2D eigenvalue weighted by Gasteiger charge is -2.17. The number of amides is 3. The predicted molar refractivity (Wildman–Crippen MR) is 114 cm³/mol. The molecule has 0 aliphatic carbocycles. The third-order valence-electron chi connectivity index (χ3n) is 5.71. The van der Waals surface area contributed by atoms with E-state index in [0.29, 0.717) is 34.3 Å². The number of urea groups is 1. The van der Waals surface area contributed by atoms with Crippen LogP contribution in [0.25, 0.3) is 5.52 Å². The van der Waals surface area contributed by atoms with Crippen LogP contribution in [0.5, 0.6) is 0 Å². The molecule has 3 aromatic rings. The van der Waals surface area contributed by atoms with E-state index in [9.17, 15) is 18.8 Å². The second kappa shape index (κ2) is 7.46. The fourth-order valence-corrected chi connectivity index (χ4v) is 3.67. The van der Waals surface area contributed by atoms with Gasteiger partial charge in [-0.25, -0.2) is 9.18 Å². The smallest absolute Gasteiger partial charge is 0.322 e. The van der Waals surface area contributed by atoms with E-state index in [2.05, 4.69) is 10.4 Å². The van der Waals surface area contributed by atoms with Gasteiger partial charge in [-0.3, -0.25) is 9.59 Å². The minimum Gasteiger partial charge on any atom is -0.322 e. The number of carbonyl (C=O) groups excluding carboxylic acids is 3. The van der Waals surface area contributed by atoms with Crippen molar-refractivity contribution in [3.63, 3.8) is 0 Å².